The Kier molecular flexibility index (Phi) is 4.05. The molecule has 0 aliphatic rings. The zero-order valence-electron chi connectivity index (χ0n) is 10.7. The molecule has 0 saturated carbocycles. The van der Waals surface area contributed by atoms with E-state index in [0.717, 1.165) is 21.8 Å². The molecule has 1 heterocycles. The number of halogens is 1. The van der Waals surface area contributed by atoms with Gasteiger partial charge >= 0.3 is 0 Å². The Bertz CT molecular complexity index is 545. The highest BCUT2D eigenvalue weighted by Crippen LogP contribution is 2.26. The van der Waals surface area contributed by atoms with Crippen LogP contribution in [0.1, 0.15) is 32.8 Å². The number of nitrogens with zero attached hydrogens (tertiary/aromatic N) is 1. The Labute approximate surface area is 116 Å². The molecule has 2 nitrogen and oxygen atoms in total. The highest BCUT2D eigenvalue weighted by molar-refractivity contribution is 7.11. The summed E-state index contributed by atoms with van der Waals surface area (Å²) in [6, 6.07) is 5.67. The molecule has 1 aromatic carbocycles. The van der Waals surface area contributed by atoms with Gasteiger partial charge in [0.05, 0.1) is 16.8 Å². The van der Waals surface area contributed by atoms with Gasteiger partial charge < -0.3 is 5.11 Å². The molecule has 0 bridgehead atoms. The summed E-state index contributed by atoms with van der Waals surface area (Å²) >= 11 is 7.71. The van der Waals surface area contributed by atoms with Crippen molar-refractivity contribution in [2.24, 2.45) is 0 Å². The van der Waals surface area contributed by atoms with Crippen LogP contribution in [-0.2, 0) is 6.42 Å². The zero-order chi connectivity index (χ0) is 13.3. The Morgan fingerprint density at radius 3 is 2.61 bits per heavy atom. The van der Waals surface area contributed by atoms with Gasteiger partial charge in [-0.3, -0.25) is 0 Å². The Morgan fingerprint density at radius 1 is 1.33 bits per heavy atom. The average molecular weight is 282 g/mol. The van der Waals surface area contributed by atoms with E-state index in [0.29, 0.717) is 11.4 Å². The number of benzene rings is 1. The number of hydrogen-bond donors (Lipinski definition) is 1. The van der Waals surface area contributed by atoms with E-state index in [-0.39, 0.29) is 0 Å². The molecule has 0 amide bonds. The van der Waals surface area contributed by atoms with Gasteiger partial charge in [0, 0.05) is 16.3 Å². The van der Waals surface area contributed by atoms with E-state index < -0.39 is 6.10 Å². The third-order valence-electron chi connectivity index (χ3n) is 3.02. The topological polar surface area (TPSA) is 33.1 Å². The van der Waals surface area contributed by atoms with Gasteiger partial charge in [0.2, 0.25) is 0 Å². The van der Waals surface area contributed by atoms with Gasteiger partial charge in [0.1, 0.15) is 0 Å². The fraction of sp³-hybridized carbons (Fsp3) is 0.357. The molecule has 2 rings (SSSR count). The smallest absolute Gasteiger partial charge is 0.0960 e. The second kappa shape index (κ2) is 5.39. The predicted octanol–water partition coefficient (Wildman–Crippen LogP) is 4.00. The fourth-order valence-electron chi connectivity index (χ4n) is 1.73. The summed E-state index contributed by atoms with van der Waals surface area (Å²) in [5.74, 6) is 0. The van der Waals surface area contributed by atoms with Crippen LogP contribution >= 0.6 is 22.9 Å². The van der Waals surface area contributed by atoms with Gasteiger partial charge in [-0.1, -0.05) is 23.7 Å². The lowest BCUT2D eigenvalue weighted by atomic mass is 10.1. The molecule has 4 heteroatoms. The quantitative estimate of drug-likeness (QED) is 0.922. The number of rotatable bonds is 3. The van der Waals surface area contributed by atoms with Crippen molar-refractivity contribution < 1.29 is 5.11 Å². The van der Waals surface area contributed by atoms with Crippen molar-refractivity contribution in [1.82, 2.24) is 4.98 Å². The van der Waals surface area contributed by atoms with Gasteiger partial charge in [0.15, 0.2) is 0 Å². The van der Waals surface area contributed by atoms with Crippen molar-refractivity contribution in [2.75, 3.05) is 0 Å². The largest absolute Gasteiger partial charge is 0.388 e. The molecule has 18 heavy (non-hydrogen) atoms. The Morgan fingerprint density at radius 2 is 2.06 bits per heavy atom. The molecule has 2 aromatic rings. The lowest BCUT2D eigenvalue weighted by Gasteiger charge is -2.10. The summed E-state index contributed by atoms with van der Waals surface area (Å²) in [6.45, 7) is 5.99. The van der Waals surface area contributed by atoms with Crippen LogP contribution in [0.3, 0.4) is 0 Å². The molecule has 0 radical (unpaired) electrons. The fourth-order valence-corrected chi connectivity index (χ4v) is 2.89. The maximum atomic E-state index is 10.2. The maximum Gasteiger partial charge on any atom is 0.0960 e. The minimum absolute atomic E-state index is 0.540. The number of aliphatic hydroxyl groups is 1. The molecular formula is C14H16ClNOS. The van der Waals surface area contributed by atoms with Crippen molar-refractivity contribution in [1.29, 1.82) is 0 Å². The van der Waals surface area contributed by atoms with E-state index in [1.807, 2.05) is 39.0 Å². The van der Waals surface area contributed by atoms with E-state index >= 15 is 0 Å². The third-order valence-corrected chi connectivity index (χ3v) is 4.52. The summed E-state index contributed by atoms with van der Waals surface area (Å²) in [6.07, 6.45) is -0.00769. The first-order valence-corrected chi connectivity index (χ1v) is 7.04. The first-order chi connectivity index (χ1) is 8.47. The minimum Gasteiger partial charge on any atom is -0.388 e. The van der Waals surface area contributed by atoms with E-state index in [4.69, 9.17) is 11.6 Å². The van der Waals surface area contributed by atoms with Gasteiger partial charge in [0.25, 0.3) is 0 Å². The van der Waals surface area contributed by atoms with Crippen LogP contribution in [0, 0.1) is 20.8 Å². The minimum atomic E-state index is -0.548. The highest BCUT2D eigenvalue weighted by Gasteiger charge is 2.13. The number of aryl methyl sites for hydroxylation is 3. The second-order valence-electron chi connectivity index (χ2n) is 4.48. The molecule has 0 saturated heterocycles. The van der Waals surface area contributed by atoms with E-state index in [1.165, 1.54) is 4.88 Å². The highest BCUT2D eigenvalue weighted by atomic mass is 35.5. The van der Waals surface area contributed by atoms with Gasteiger partial charge in [-0.15, -0.1) is 11.3 Å². The molecule has 1 N–H and O–H groups in total. The predicted molar refractivity (Wildman–Crippen MR) is 76.4 cm³/mol. The molecule has 1 aromatic heterocycles. The van der Waals surface area contributed by atoms with E-state index in [1.54, 1.807) is 11.3 Å². The lowest BCUT2D eigenvalue weighted by Crippen LogP contribution is -2.01. The van der Waals surface area contributed by atoms with Crippen LogP contribution in [0.2, 0.25) is 5.02 Å². The number of hydrogen-bond acceptors (Lipinski definition) is 3. The van der Waals surface area contributed by atoms with Gasteiger partial charge in [-0.2, -0.15) is 0 Å². The van der Waals surface area contributed by atoms with Gasteiger partial charge in [-0.25, -0.2) is 4.98 Å². The summed E-state index contributed by atoms with van der Waals surface area (Å²) in [7, 11) is 0. The van der Waals surface area contributed by atoms with Crippen LogP contribution in [0.4, 0.5) is 0 Å². The van der Waals surface area contributed by atoms with Crippen LogP contribution in [0.5, 0.6) is 0 Å². The monoisotopic (exact) mass is 281 g/mol. The number of thiazole rings is 1. The summed E-state index contributed by atoms with van der Waals surface area (Å²) in [5, 5.41) is 11.9. The molecule has 1 unspecified atom stereocenters. The SMILES string of the molecule is Cc1ccc(C(O)Cc2nc(C)c(C)s2)cc1Cl. The molecule has 1 atom stereocenters. The first-order valence-electron chi connectivity index (χ1n) is 5.84. The van der Waals surface area contributed by atoms with Crippen LogP contribution in [-0.4, -0.2) is 10.1 Å². The normalized spacial score (nSPS) is 12.7. The summed E-state index contributed by atoms with van der Waals surface area (Å²) in [5.41, 5.74) is 2.91. The first kappa shape index (κ1) is 13.5. The number of aromatic nitrogens is 1. The van der Waals surface area contributed by atoms with Gasteiger partial charge in [-0.05, 0) is 38.0 Å². The lowest BCUT2D eigenvalue weighted by molar-refractivity contribution is 0.178. The number of aliphatic hydroxyl groups excluding tert-OH is 1. The van der Waals surface area contributed by atoms with Crippen LogP contribution in [0.15, 0.2) is 18.2 Å². The van der Waals surface area contributed by atoms with Crippen molar-refractivity contribution in [3.8, 4) is 0 Å². The van der Waals surface area contributed by atoms with E-state index in [2.05, 4.69) is 4.98 Å². The van der Waals surface area contributed by atoms with Crippen LogP contribution in [0.25, 0.3) is 0 Å². The third kappa shape index (κ3) is 2.91. The van der Waals surface area contributed by atoms with E-state index in [9.17, 15) is 5.11 Å². The maximum absolute atomic E-state index is 10.2. The van der Waals surface area contributed by atoms with Crippen molar-refractivity contribution in [3.05, 3.63) is 49.9 Å². The van der Waals surface area contributed by atoms with Crippen LogP contribution < -0.4 is 0 Å². The van der Waals surface area contributed by atoms with Crippen molar-refractivity contribution in [2.45, 2.75) is 33.3 Å². The average Bonchev–Trinajstić information content (AvgIpc) is 2.61. The standard InChI is InChI=1S/C14H16ClNOS/c1-8-4-5-11(6-12(8)15)13(17)7-14-16-9(2)10(3)18-14/h4-6,13,17H,7H2,1-3H3. The molecule has 96 valence electrons. The molecule has 0 fully saturated rings. The zero-order valence-corrected chi connectivity index (χ0v) is 12.3. The molecular weight excluding hydrogens is 266 g/mol. The second-order valence-corrected chi connectivity index (χ2v) is 6.17. The summed E-state index contributed by atoms with van der Waals surface area (Å²) < 4.78 is 0. The Balaban J connectivity index is 2.16. The molecule has 0 aliphatic heterocycles. The Hall–Kier alpha value is -0.900. The molecule has 0 aliphatic carbocycles. The summed E-state index contributed by atoms with van der Waals surface area (Å²) in [4.78, 5) is 5.65. The van der Waals surface area contributed by atoms with Crippen molar-refractivity contribution >= 4 is 22.9 Å². The van der Waals surface area contributed by atoms with Crippen molar-refractivity contribution in [3.63, 3.8) is 0 Å². The molecule has 0 spiro atoms.